The number of nitrogens with zero attached hydrogens (tertiary/aromatic N) is 1. The molecule has 2 heterocycles. The number of amides is 2. The van der Waals surface area contributed by atoms with Crippen molar-refractivity contribution in [3.05, 3.63) is 35.4 Å². The quantitative estimate of drug-likeness (QED) is 0.929. The smallest absolute Gasteiger partial charge is 0.317 e. The Morgan fingerprint density at radius 1 is 1.35 bits per heavy atom. The van der Waals surface area contributed by atoms with E-state index in [2.05, 4.69) is 43.4 Å². The summed E-state index contributed by atoms with van der Waals surface area (Å²) in [6.45, 7) is 8.42. The molecule has 0 radical (unpaired) electrons. The summed E-state index contributed by atoms with van der Waals surface area (Å²) in [5.74, 6) is 0.332. The highest BCUT2D eigenvalue weighted by atomic mass is 16.5. The van der Waals surface area contributed by atoms with Crippen LogP contribution in [-0.2, 0) is 4.74 Å². The van der Waals surface area contributed by atoms with E-state index in [0.29, 0.717) is 17.9 Å². The summed E-state index contributed by atoms with van der Waals surface area (Å²) in [6, 6.07) is 8.61. The lowest BCUT2D eigenvalue weighted by Crippen LogP contribution is -2.42. The number of hydrogen-bond acceptors (Lipinski definition) is 2. The molecule has 2 saturated heterocycles. The fourth-order valence-corrected chi connectivity index (χ4v) is 3.77. The van der Waals surface area contributed by atoms with Crippen molar-refractivity contribution in [2.75, 3.05) is 32.8 Å². The fourth-order valence-electron chi connectivity index (χ4n) is 3.77. The molecule has 1 aromatic carbocycles. The normalized spacial score (nSPS) is 21.4. The molecule has 3 rings (SSSR count). The maximum absolute atomic E-state index is 12.5. The van der Waals surface area contributed by atoms with Crippen molar-refractivity contribution in [2.24, 2.45) is 5.41 Å². The summed E-state index contributed by atoms with van der Waals surface area (Å²) in [5.41, 5.74) is 2.87. The molecule has 2 aliphatic rings. The van der Waals surface area contributed by atoms with Gasteiger partial charge in [0, 0.05) is 32.8 Å². The van der Waals surface area contributed by atoms with Gasteiger partial charge in [-0.15, -0.1) is 0 Å². The lowest BCUT2D eigenvalue weighted by Gasteiger charge is -2.33. The number of urea groups is 1. The van der Waals surface area contributed by atoms with E-state index >= 15 is 0 Å². The van der Waals surface area contributed by atoms with E-state index in [1.807, 2.05) is 4.90 Å². The molecule has 0 aliphatic carbocycles. The van der Waals surface area contributed by atoms with E-state index in [1.165, 1.54) is 11.1 Å². The zero-order valence-electron chi connectivity index (χ0n) is 14.3. The van der Waals surface area contributed by atoms with E-state index in [9.17, 15) is 4.79 Å². The van der Waals surface area contributed by atoms with Crippen LogP contribution in [0, 0.1) is 12.3 Å². The van der Waals surface area contributed by atoms with Gasteiger partial charge in [0.25, 0.3) is 0 Å². The number of hydrogen-bond donors (Lipinski definition) is 1. The standard InChI is InChI=1S/C19H28N2O2/c1-15-4-3-5-17(12-15)16(2)13-20-18(22)21-9-6-19(14-21)7-10-23-11-8-19/h3-5,12,16H,6-11,13-14H2,1-2H3,(H,20,22)/t16-/m1/s1. The summed E-state index contributed by atoms with van der Waals surface area (Å²) < 4.78 is 5.47. The second kappa shape index (κ2) is 6.91. The Morgan fingerprint density at radius 2 is 2.13 bits per heavy atom. The van der Waals surface area contributed by atoms with Gasteiger partial charge in [0.1, 0.15) is 0 Å². The number of aryl methyl sites for hydroxylation is 1. The van der Waals surface area contributed by atoms with Crippen molar-refractivity contribution in [1.82, 2.24) is 10.2 Å². The summed E-state index contributed by atoms with van der Waals surface area (Å²) in [7, 11) is 0. The van der Waals surface area contributed by atoms with Crippen molar-refractivity contribution in [2.45, 2.75) is 39.0 Å². The van der Waals surface area contributed by atoms with Crippen molar-refractivity contribution in [3.63, 3.8) is 0 Å². The fraction of sp³-hybridized carbons (Fsp3) is 0.632. The van der Waals surface area contributed by atoms with E-state index in [4.69, 9.17) is 4.74 Å². The highest BCUT2D eigenvalue weighted by molar-refractivity contribution is 5.74. The maximum atomic E-state index is 12.5. The molecule has 2 amide bonds. The maximum Gasteiger partial charge on any atom is 0.317 e. The van der Waals surface area contributed by atoms with Crippen LogP contribution in [0.2, 0.25) is 0 Å². The summed E-state index contributed by atoms with van der Waals surface area (Å²) >= 11 is 0. The van der Waals surface area contributed by atoms with Gasteiger partial charge in [-0.1, -0.05) is 36.8 Å². The summed E-state index contributed by atoms with van der Waals surface area (Å²) in [5, 5.41) is 3.12. The first-order chi connectivity index (χ1) is 11.1. The molecule has 126 valence electrons. The second-order valence-corrected chi connectivity index (χ2v) is 7.29. The van der Waals surface area contributed by atoms with Crippen LogP contribution >= 0.6 is 0 Å². The summed E-state index contributed by atoms with van der Waals surface area (Å²) in [6.07, 6.45) is 3.31. The third-order valence-electron chi connectivity index (χ3n) is 5.45. The average molecular weight is 316 g/mol. The largest absolute Gasteiger partial charge is 0.381 e. The van der Waals surface area contributed by atoms with Crippen molar-refractivity contribution in [1.29, 1.82) is 0 Å². The van der Waals surface area contributed by atoms with Crippen LogP contribution in [0.4, 0.5) is 4.79 Å². The number of nitrogens with one attached hydrogen (secondary N) is 1. The number of carbonyl (C=O) groups excluding carboxylic acids is 1. The lowest BCUT2D eigenvalue weighted by molar-refractivity contribution is 0.0209. The number of ether oxygens (including phenoxy) is 1. The molecule has 2 fully saturated rings. The average Bonchev–Trinajstić information content (AvgIpc) is 2.96. The molecule has 23 heavy (non-hydrogen) atoms. The molecule has 2 aliphatic heterocycles. The SMILES string of the molecule is Cc1cccc([C@H](C)CNC(=O)N2CCC3(CCOCC3)C2)c1. The summed E-state index contributed by atoms with van der Waals surface area (Å²) in [4.78, 5) is 14.5. The molecule has 1 aromatic rings. The molecule has 1 atom stereocenters. The van der Waals surface area contributed by atoms with Gasteiger partial charge in [0.05, 0.1) is 0 Å². The Bertz CT molecular complexity index is 552. The zero-order valence-corrected chi connectivity index (χ0v) is 14.3. The minimum atomic E-state index is 0.0906. The van der Waals surface area contributed by atoms with E-state index in [-0.39, 0.29) is 6.03 Å². The minimum Gasteiger partial charge on any atom is -0.381 e. The van der Waals surface area contributed by atoms with Crippen LogP contribution in [0.15, 0.2) is 24.3 Å². The van der Waals surface area contributed by atoms with Gasteiger partial charge >= 0.3 is 6.03 Å². The Hall–Kier alpha value is -1.55. The first-order valence-corrected chi connectivity index (χ1v) is 8.75. The zero-order chi connectivity index (χ0) is 16.3. The molecule has 0 saturated carbocycles. The number of rotatable bonds is 3. The Morgan fingerprint density at radius 3 is 2.87 bits per heavy atom. The Balaban J connectivity index is 1.50. The Kier molecular flexibility index (Phi) is 4.90. The second-order valence-electron chi connectivity index (χ2n) is 7.29. The van der Waals surface area contributed by atoms with Crippen LogP contribution < -0.4 is 5.32 Å². The van der Waals surface area contributed by atoms with Crippen LogP contribution in [0.3, 0.4) is 0 Å². The minimum absolute atomic E-state index is 0.0906. The predicted molar refractivity (Wildman–Crippen MR) is 91.7 cm³/mol. The van der Waals surface area contributed by atoms with Gasteiger partial charge < -0.3 is 15.0 Å². The Labute approximate surface area is 139 Å². The van der Waals surface area contributed by atoms with Crippen molar-refractivity contribution >= 4 is 6.03 Å². The van der Waals surface area contributed by atoms with E-state index in [1.54, 1.807) is 0 Å². The van der Waals surface area contributed by atoms with Gasteiger partial charge in [-0.3, -0.25) is 0 Å². The number of likely N-dealkylation sites (tertiary alicyclic amines) is 1. The number of benzene rings is 1. The highest BCUT2D eigenvalue weighted by Gasteiger charge is 2.40. The molecule has 4 heteroatoms. The third-order valence-corrected chi connectivity index (χ3v) is 5.45. The molecule has 4 nitrogen and oxygen atoms in total. The molecule has 0 bridgehead atoms. The van der Waals surface area contributed by atoms with Gasteiger partial charge in [-0.05, 0) is 43.1 Å². The van der Waals surface area contributed by atoms with Crippen LogP contribution in [0.5, 0.6) is 0 Å². The van der Waals surface area contributed by atoms with Crippen LogP contribution in [0.25, 0.3) is 0 Å². The molecule has 0 aromatic heterocycles. The molecule has 1 spiro atoms. The van der Waals surface area contributed by atoms with Crippen molar-refractivity contribution in [3.8, 4) is 0 Å². The first kappa shape index (κ1) is 16.3. The van der Waals surface area contributed by atoms with Gasteiger partial charge in [-0.25, -0.2) is 4.79 Å². The number of carbonyl (C=O) groups is 1. The van der Waals surface area contributed by atoms with Crippen molar-refractivity contribution < 1.29 is 9.53 Å². The highest BCUT2D eigenvalue weighted by Crippen LogP contribution is 2.39. The third kappa shape index (κ3) is 3.86. The van der Waals surface area contributed by atoms with Crippen LogP contribution in [-0.4, -0.2) is 43.8 Å². The topological polar surface area (TPSA) is 41.6 Å². The van der Waals surface area contributed by atoms with E-state index < -0.39 is 0 Å². The van der Waals surface area contributed by atoms with Gasteiger partial charge in [0.2, 0.25) is 0 Å². The monoisotopic (exact) mass is 316 g/mol. The van der Waals surface area contributed by atoms with E-state index in [0.717, 1.165) is 45.6 Å². The first-order valence-electron chi connectivity index (χ1n) is 8.75. The van der Waals surface area contributed by atoms with Crippen LogP contribution in [0.1, 0.15) is 43.2 Å². The van der Waals surface area contributed by atoms with Gasteiger partial charge in [-0.2, -0.15) is 0 Å². The molecular weight excluding hydrogens is 288 g/mol. The lowest BCUT2D eigenvalue weighted by atomic mass is 9.80. The molecule has 0 unspecified atom stereocenters. The van der Waals surface area contributed by atoms with Gasteiger partial charge in [0.15, 0.2) is 0 Å². The molecular formula is C19H28N2O2. The molecule has 1 N–H and O–H groups in total. The predicted octanol–water partition coefficient (Wildman–Crippen LogP) is 3.31.